The van der Waals surface area contributed by atoms with Gasteiger partial charge in [-0.2, -0.15) is 0 Å². The van der Waals surface area contributed by atoms with Gasteiger partial charge in [-0.1, -0.05) is 268 Å². The van der Waals surface area contributed by atoms with E-state index in [0.29, 0.717) is 25.7 Å². The fraction of sp³-hybridized carbons (Fsp3) is 0.818. The maximum atomic E-state index is 13.1. The molecule has 0 heterocycles. The Morgan fingerprint density at radius 2 is 0.510 bits per heavy atom. The lowest BCUT2D eigenvalue weighted by Crippen LogP contribution is -2.30. The number of aliphatic hydroxyl groups excluding tert-OH is 1. The van der Waals surface area contributed by atoms with E-state index >= 15 is 0 Å². The van der Waals surface area contributed by atoms with E-state index in [4.69, 9.17) is 37.0 Å². The molecule has 0 fully saturated rings. The minimum atomic E-state index is -4.97. The zero-order valence-corrected chi connectivity index (χ0v) is 62.8. The SMILES string of the molecule is CCCCC/C=C\C/C=C\CCCCCCCC(=O)OC[C@H](COP(=O)(O)OC[C@H](O)COP(=O)(O)OC[C@@H](COC(=O)CCCCCCCCCCCCCCC)OC(=O)CCCCCCC/C=C\CCCCCC)OC(=O)CCCCCCC/C=C\C/C=C\CCCCC. The molecule has 19 heteroatoms. The fourth-order valence-electron chi connectivity index (χ4n) is 10.5. The van der Waals surface area contributed by atoms with Crippen molar-refractivity contribution in [1.29, 1.82) is 0 Å². The minimum Gasteiger partial charge on any atom is -0.462 e. The molecule has 0 aromatic carbocycles. The number of hydrogen-bond donors (Lipinski definition) is 3. The van der Waals surface area contributed by atoms with Gasteiger partial charge in [0.1, 0.15) is 19.3 Å². The van der Waals surface area contributed by atoms with Crippen molar-refractivity contribution in [3.63, 3.8) is 0 Å². The monoisotopic (exact) mass is 1400 g/mol. The van der Waals surface area contributed by atoms with Gasteiger partial charge >= 0.3 is 39.5 Å². The van der Waals surface area contributed by atoms with E-state index in [1.165, 1.54) is 122 Å². The summed E-state index contributed by atoms with van der Waals surface area (Å²) in [4.78, 5) is 72.8. The Balaban J connectivity index is 5.34. The lowest BCUT2D eigenvalue weighted by atomic mass is 10.0. The van der Waals surface area contributed by atoms with E-state index in [9.17, 15) is 43.2 Å². The summed E-state index contributed by atoms with van der Waals surface area (Å²) >= 11 is 0. The molecular formula is C77H140O17P2. The summed E-state index contributed by atoms with van der Waals surface area (Å²) in [6.07, 6.45) is 67.7. The van der Waals surface area contributed by atoms with Crippen LogP contribution in [0.1, 0.15) is 349 Å². The second kappa shape index (κ2) is 70.2. The zero-order chi connectivity index (χ0) is 70.4. The number of aliphatic hydroxyl groups is 1. The van der Waals surface area contributed by atoms with Crippen molar-refractivity contribution in [3.05, 3.63) is 60.8 Å². The highest BCUT2D eigenvalue weighted by atomic mass is 31.2. The van der Waals surface area contributed by atoms with Crippen molar-refractivity contribution >= 4 is 39.5 Å². The molecule has 2 unspecified atom stereocenters. The van der Waals surface area contributed by atoms with Gasteiger partial charge in [0.2, 0.25) is 0 Å². The van der Waals surface area contributed by atoms with Gasteiger partial charge in [0, 0.05) is 25.7 Å². The van der Waals surface area contributed by atoms with Crippen molar-refractivity contribution < 1.29 is 80.2 Å². The van der Waals surface area contributed by atoms with E-state index in [1.54, 1.807) is 0 Å². The number of carbonyl (C=O) groups is 4. The van der Waals surface area contributed by atoms with Crippen LogP contribution in [0, 0.1) is 0 Å². The van der Waals surface area contributed by atoms with E-state index in [-0.39, 0.29) is 25.7 Å². The molecule has 3 N–H and O–H groups in total. The number of carbonyl (C=O) groups excluding carboxylic acids is 4. The van der Waals surface area contributed by atoms with E-state index in [2.05, 4.69) is 88.5 Å². The van der Waals surface area contributed by atoms with Crippen LogP contribution in [0.15, 0.2) is 60.8 Å². The van der Waals surface area contributed by atoms with Gasteiger partial charge in [0.05, 0.1) is 26.4 Å². The Bertz CT molecular complexity index is 2060. The number of hydrogen-bond acceptors (Lipinski definition) is 15. The number of unbranched alkanes of at least 4 members (excludes halogenated alkanes) is 37. The van der Waals surface area contributed by atoms with Crippen LogP contribution in [0.25, 0.3) is 0 Å². The summed E-state index contributed by atoms with van der Waals surface area (Å²) < 4.78 is 68.5. The maximum Gasteiger partial charge on any atom is 0.472 e. The minimum absolute atomic E-state index is 0.0791. The average Bonchev–Trinajstić information content (AvgIpc) is 1.36. The topological polar surface area (TPSA) is 237 Å². The quantitative estimate of drug-likeness (QED) is 0.0169. The molecule has 0 aliphatic heterocycles. The third-order valence-electron chi connectivity index (χ3n) is 16.5. The van der Waals surface area contributed by atoms with Crippen molar-refractivity contribution in [2.24, 2.45) is 0 Å². The lowest BCUT2D eigenvalue weighted by Gasteiger charge is -2.21. The molecule has 5 atom stereocenters. The van der Waals surface area contributed by atoms with Crippen molar-refractivity contribution in [1.82, 2.24) is 0 Å². The van der Waals surface area contributed by atoms with Crippen molar-refractivity contribution in [2.75, 3.05) is 39.6 Å². The molecule has 0 saturated heterocycles. The molecule has 0 aliphatic rings. The second-order valence-corrected chi connectivity index (χ2v) is 28.9. The molecular weight excluding hydrogens is 1260 g/mol. The van der Waals surface area contributed by atoms with Gasteiger partial charge in [0.15, 0.2) is 12.2 Å². The number of esters is 4. The molecule has 0 bridgehead atoms. The number of phosphoric acid groups is 2. The number of ether oxygens (including phenoxy) is 4. The second-order valence-electron chi connectivity index (χ2n) is 25.9. The summed E-state index contributed by atoms with van der Waals surface area (Å²) in [6.45, 7) is 4.81. The summed E-state index contributed by atoms with van der Waals surface area (Å²) in [6, 6.07) is 0. The first-order valence-electron chi connectivity index (χ1n) is 38.5. The van der Waals surface area contributed by atoms with Crippen LogP contribution >= 0.6 is 15.6 Å². The number of rotatable bonds is 73. The van der Waals surface area contributed by atoms with E-state index in [1.807, 2.05) is 0 Å². The molecule has 17 nitrogen and oxygen atoms in total. The van der Waals surface area contributed by atoms with Crippen LogP contribution < -0.4 is 0 Å². The molecule has 0 amide bonds. The van der Waals surface area contributed by atoms with Crippen LogP contribution in [0.3, 0.4) is 0 Å². The molecule has 0 radical (unpaired) electrons. The summed E-state index contributed by atoms with van der Waals surface area (Å²) in [5.74, 6) is -2.19. The highest BCUT2D eigenvalue weighted by Gasteiger charge is 2.30. The Labute approximate surface area is 584 Å². The molecule has 0 aromatic rings. The van der Waals surface area contributed by atoms with Gasteiger partial charge in [-0.3, -0.25) is 37.3 Å². The maximum absolute atomic E-state index is 13.1. The molecule has 0 aliphatic carbocycles. The van der Waals surface area contributed by atoms with Crippen molar-refractivity contribution in [2.45, 2.75) is 367 Å². The Hall–Kier alpha value is -3.24. The molecule has 0 spiro atoms. The van der Waals surface area contributed by atoms with E-state index in [0.717, 1.165) is 148 Å². The van der Waals surface area contributed by atoms with Crippen LogP contribution in [-0.4, -0.2) is 96.7 Å². The van der Waals surface area contributed by atoms with E-state index < -0.39 is 97.5 Å². The Morgan fingerprint density at radius 1 is 0.292 bits per heavy atom. The lowest BCUT2D eigenvalue weighted by molar-refractivity contribution is -0.161. The predicted octanol–water partition coefficient (Wildman–Crippen LogP) is 21.9. The summed E-state index contributed by atoms with van der Waals surface area (Å²) in [7, 11) is -9.94. The third kappa shape index (κ3) is 69.2. The molecule has 0 aromatic heterocycles. The van der Waals surface area contributed by atoms with Crippen molar-refractivity contribution in [3.8, 4) is 0 Å². The average molecular weight is 1400 g/mol. The highest BCUT2D eigenvalue weighted by Crippen LogP contribution is 2.45. The smallest absolute Gasteiger partial charge is 0.462 e. The normalized spacial score (nSPS) is 14.3. The third-order valence-corrected chi connectivity index (χ3v) is 18.4. The van der Waals surface area contributed by atoms with Gasteiger partial charge in [-0.15, -0.1) is 0 Å². The first-order valence-corrected chi connectivity index (χ1v) is 41.5. The van der Waals surface area contributed by atoms with Gasteiger partial charge in [-0.05, 0) is 116 Å². The Morgan fingerprint density at radius 3 is 0.812 bits per heavy atom. The summed E-state index contributed by atoms with van der Waals surface area (Å²) in [5, 5.41) is 10.6. The zero-order valence-electron chi connectivity index (χ0n) is 61.1. The number of phosphoric ester groups is 2. The molecule has 0 saturated carbocycles. The standard InChI is InChI=1S/C77H140O17P2/c1-5-9-13-17-21-25-29-33-35-39-42-46-50-54-58-62-75(80)88-68-73(94-77(82)64-60-56-52-48-44-40-36-34-30-26-22-18-14-10-6-2)70-92-96(85,86)90-66-71(78)65-89-95(83,84)91-69-72(93-76(81)63-59-55-51-47-43-38-32-28-24-20-16-12-8-4)67-87-74(79)61-57-53-49-45-41-37-31-27-23-19-15-11-7-3/h21-22,25-26,28,32-36,71-73,78H,5-20,23-24,27,29-31,37-70H2,1-4H3,(H,83,84)(H,85,86)/b25-21-,26-22-,32-28-,35-33-,36-34-/t71-,72-,73-/m1/s1. The highest BCUT2D eigenvalue weighted by molar-refractivity contribution is 7.47. The molecule has 96 heavy (non-hydrogen) atoms. The van der Waals surface area contributed by atoms with Gasteiger partial charge in [-0.25, -0.2) is 9.13 Å². The van der Waals surface area contributed by atoms with Crippen LogP contribution in [-0.2, 0) is 65.4 Å². The molecule has 0 rings (SSSR count). The van der Waals surface area contributed by atoms with Gasteiger partial charge in [0.25, 0.3) is 0 Å². The van der Waals surface area contributed by atoms with Gasteiger partial charge < -0.3 is 33.8 Å². The van der Waals surface area contributed by atoms with Crippen LogP contribution in [0.5, 0.6) is 0 Å². The summed E-state index contributed by atoms with van der Waals surface area (Å²) in [5.41, 5.74) is 0. The first kappa shape index (κ1) is 92.8. The fourth-order valence-corrected chi connectivity index (χ4v) is 12.1. The molecule has 560 valence electrons. The van der Waals surface area contributed by atoms with Crippen LogP contribution in [0.2, 0.25) is 0 Å². The Kier molecular flexibility index (Phi) is 67.8. The largest absolute Gasteiger partial charge is 0.472 e. The number of allylic oxidation sites excluding steroid dienone is 10. The predicted molar refractivity (Wildman–Crippen MR) is 390 cm³/mol. The van der Waals surface area contributed by atoms with Crippen LogP contribution in [0.4, 0.5) is 0 Å². The first-order chi connectivity index (χ1) is 46.7.